The Bertz CT molecular complexity index is 1180. The van der Waals surface area contributed by atoms with E-state index in [9.17, 15) is 4.79 Å². The van der Waals surface area contributed by atoms with Crippen LogP contribution in [0.15, 0.2) is 47.5 Å². The van der Waals surface area contributed by atoms with Gasteiger partial charge in [-0.2, -0.15) is 0 Å². The smallest absolute Gasteiger partial charge is 0.250 e. The average molecular weight is 378 g/mol. The van der Waals surface area contributed by atoms with Crippen LogP contribution in [0.25, 0.3) is 21.1 Å². The summed E-state index contributed by atoms with van der Waals surface area (Å²) in [5, 5.41) is 2.11. The zero-order valence-electron chi connectivity index (χ0n) is 14.9. The van der Waals surface area contributed by atoms with Gasteiger partial charge in [-0.25, -0.2) is 15.0 Å². The number of hydrogen-bond donors (Lipinski definition) is 0. The van der Waals surface area contributed by atoms with Crippen LogP contribution in [0, 0.1) is 0 Å². The molecule has 1 aromatic carbocycles. The molecule has 1 aliphatic rings. The van der Waals surface area contributed by atoms with Gasteiger partial charge >= 0.3 is 0 Å². The van der Waals surface area contributed by atoms with Gasteiger partial charge < -0.3 is 14.4 Å². The lowest BCUT2D eigenvalue weighted by atomic mass is 10.2. The molecule has 8 heteroatoms. The molecule has 3 aromatic heterocycles. The average Bonchev–Trinajstić information content (AvgIpc) is 3.16. The maximum Gasteiger partial charge on any atom is 0.250 e. The van der Waals surface area contributed by atoms with E-state index in [1.54, 1.807) is 34.4 Å². The molecule has 1 fully saturated rings. The van der Waals surface area contributed by atoms with Crippen molar-refractivity contribution in [3.8, 4) is 0 Å². The Kier molecular flexibility index (Phi) is 3.78. The van der Waals surface area contributed by atoms with Gasteiger partial charge in [0.2, 0.25) is 5.95 Å². The molecule has 1 saturated heterocycles. The molecular formula is C19H18N6OS. The van der Waals surface area contributed by atoms with Gasteiger partial charge in [-0.3, -0.25) is 4.79 Å². The van der Waals surface area contributed by atoms with Crippen molar-refractivity contribution in [2.75, 3.05) is 36.0 Å². The second-order valence-corrected chi connectivity index (χ2v) is 7.57. The van der Waals surface area contributed by atoms with Crippen molar-refractivity contribution < 1.29 is 0 Å². The summed E-state index contributed by atoms with van der Waals surface area (Å²) in [6.07, 6.45) is 3.56. The normalized spacial score (nSPS) is 15.0. The van der Waals surface area contributed by atoms with Gasteiger partial charge in [0.25, 0.3) is 5.56 Å². The molecule has 0 radical (unpaired) electrons. The first-order valence-electron chi connectivity index (χ1n) is 8.87. The molecule has 0 saturated carbocycles. The van der Waals surface area contributed by atoms with Crippen molar-refractivity contribution in [2.24, 2.45) is 7.05 Å². The lowest BCUT2D eigenvalue weighted by Gasteiger charge is -2.34. The van der Waals surface area contributed by atoms with E-state index < -0.39 is 0 Å². The quantitative estimate of drug-likeness (QED) is 0.533. The third-order valence-electron chi connectivity index (χ3n) is 5.03. The first-order valence-corrected chi connectivity index (χ1v) is 9.68. The van der Waals surface area contributed by atoms with E-state index in [0.717, 1.165) is 58.4 Å². The molecule has 0 aliphatic carbocycles. The highest BCUT2D eigenvalue weighted by Crippen LogP contribution is 2.34. The largest absolute Gasteiger partial charge is 0.345 e. The summed E-state index contributed by atoms with van der Waals surface area (Å²) in [5.41, 5.74) is 1.93. The third-order valence-corrected chi connectivity index (χ3v) is 6.20. The Morgan fingerprint density at radius 1 is 0.963 bits per heavy atom. The Morgan fingerprint density at radius 3 is 2.48 bits per heavy atom. The number of benzene rings is 1. The molecule has 1 aliphatic heterocycles. The molecule has 0 bridgehead atoms. The minimum Gasteiger partial charge on any atom is -0.345 e. The van der Waals surface area contributed by atoms with Crippen LogP contribution in [0.1, 0.15) is 0 Å². The maximum absolute atomic E-state index is 11.9. The fraction of sp³-hybridized carbons (Fsp3) is 0.263. The molecule has 0 atom stereocenters. The van der Waals surface area contributed by atoms with Gasteiger partial charge in [0.05, 0.1) is 15.7 Å². The van der Waals surface area contributed by atoms with E-state index in [2.05, 4.69) is 19.8 Å². The predicted octanol–water partition coefficient (Wildman–Crippen LogP) is 2.26. The number of piperazine rings is 1. The fourth-order valence-electron chi connectivity index (χ4n) is 3.52. The Morgan fingerprint density at radius 2 is 1.70 bits per heavy atom. The molecule has 0 amide bonds. The number of pyridine rings is 1. The summed E-state index contributed by atoms with van der Waals surface area (Å²) in [5.74, 6) is 0.786. The van der Waals surface area contributed by atoms with Gasteiger partial charge in [0.15, 0.2) is 5.13 Å². The van der Waals surface area contributed by atoms with Gasteiger partial charge in [-0.1, -0.05) is 11.3 Å². The van der Waals surface area contributed by atoms with Crippen LogP contribution >= 0.6 is 11.3 Å². The number of nitrogens with zero attached hydrogens (tertiary/aromatic N) is 6. The molecule has 27 heavy (non-hydrogen) atoms. The topological polar surface area (TPSA) is 67.2 Å². The summed E-state index contributed by atoms with van der Waals surface area (Å²) in [6.45, 7) is 3.51. The van der Waals surface area contributed by atoms with Crippen molar-refractivity contribution in [1.82, 2.24) is 19.5 Å². The van der Waals surface area contributed by atoms with Crippen molar-refractivity contribution in [3.63, 3.8) is 0 Å². The number of aryl methyl sites for hydroxylation is 1. The lowest BCUT2D eigenvalue weighted by Crippen LogP contribution is -2.47. The van der Waals surface area contributed by atoms with Crippen molar-refractivity contribution in [1.29, 1.82) is 0 Å². The SMILES string of the molecule is Cn1c(=O)ccc2c3sc(N4CCN(c5ncccn5)CC4)nc3ccc21. The van der Waals surface area contributed by atoms with Crippen LogP contribution in [0.5, 0.6) is 0 Å². The minimum absolute atomic E-state index is 0.00541. The van der Waals surface area contributed by atoms with E-state index in [1.807, 2.05) is 31.3 Å². The number of anilines is 2. The van der Waals surface area contributed by atoms with E-state index >= 15 is 0 Å². The molecule has 0 N–H and O–H groups in total. The Balaban J connectivity index is 1.45. The van der Waals surface area contributed by atoms with Crippen molar-refractivity contribution >= 4 is 43.5 Å². The lowest BCUT2D eigenvalue weighted by molar-refractivity contribution is 0.639. The monoisotopic (exact) mass is 378 g/mol. The zero-order chi connectivity index (χ0) is 18.4. The number of rotatable bonds is 2. The van der Waals surface area contributed by atoms with Crippen LogP contribution in [0.3, 0.4) is 0 Å². The second-order valence-electron chi connectivity index (χ2n) is 6.60. The highest BCUT2D eigenvalue weighted by molar-refractivity contribution is 7.23. The molecule has 0 spiro atoms. The minimum atomic E-state index is 0.00541. The summed E-state index contributed by atoms with van der Waals surface area (Å²) >= 11 is 1.69. The first kappa shape index (κ1) is 16.2. The summed E-state index contributed by atoms with van der Waals surface area (Å²) in [6, 6.07) is 9.35. The van der Waals surface area contributed by atoms with Crippen LogP contribution in [0.4, 0.5) is 11.1 Å². The van der Waals surface area contributed by atoms with Crippen LogP contribution < -0.4 is 15.4 Å². The van der Waals surface area contributed by atoms with E-state index in [4.69, 9.17) is 4.98 Å². The molecule has 4 heterocycles. The molecule has 5 rings (SSSR count). The summed E-state index contributed by atoms with van der Waals surface area (Å²) < 4.78 is 2.82. The standard InChI is InChI=1S/C19H18N6OS/c1-23-15-5-4-14-17(13(15)3-6-16(23)26)27-19(22-14)25-11-9-24(10-12-25)18-20-7-2-8-21-18/h2-8H,9-12H2,1H3. The number of fused-ring (bicyclic) bond motifs is 3. The third kappa shape index (κ3) is 2.73. The number of aromatic nitrogens is 4. The summed E-state index contributed by atoms with van der Waals surface area (Å²) in [4.78, 5) is 29.9. The number of thiazole rings is 1. The Hall–Kier alpha value is -3.00. The molecule has 136 valence electrons. The fourth-order valence-corrected chi connectivity index (χ4v) is 4.66. The molecule has 7 nitrogen and oxygen atoms in total. The van der Waals surface area contributed by atoms with Crippen LogP contribution in [-0.2, 0) is 7.05 Å². The Labute approximate surface area is 159 Å². The van der Waals surface area contributed by atoms with Crippen molar-refractivity contribution in [3.05, 3.63) is 53.1 Å². The molecule has 0 unspecified atom stereocenters. The van der Waals surface area contributed by atoms with Gasteiger partial charge in [-0.15, -0.1) is 0 Å². The predicted molar refractivity (Wildman–Crippen MR) is 109 cm³/mol. The highest BCUT2D eigenvalue weighted by atomic mass is 32.1. The van der Waals surface area contributed by atoms with Crippen molar-refractivity contribution in [2.45, 2.75) is 0 Å². The van der Waals surface area contributed by atoms with Gasteiger partial charge in [0, 0.05) is 57.1 Å². The van der Waals surface area contributed by atoms with Crippen LogP contribution in [0.2, 0.25) is 0 Å². The highest BCUT2D eigenvalue weighted by Gasteiger charge is 2.21. The van der Waals surface area contributed by atoms with E-state index in [-0.39, 0.29) is 5.56 Å². The maximum atomic E-state index is 11.9. The molecule has 4 aromatic rings. The van der Waals surface area contributed by atoms with Gasteiger partial charge in [-0.05, 0) is 24.3 Å². The summed E-state index contributed by atoms with van der Waals surface area (Å²) in [7, 11) is 1.81. The molecular weight excluding hydrogens is 360 g/mol. The second kappa shape index (κ2) is 6.31. The zero-order valence-corrected chi connectivity index (χ0v) is 15.7. The number of hydrogen-bond acceptors (Lipinski definition) is 7. The first-order chi connectivity index (χ1) is 13.2. The van der Waals surface area contributed by atoms with E-state index in [1.165, 1.54) is 0 Å². The van der Waals surface area contributed by atoms with E-state index in [0.29, 0.717) is 0 Å². The van der Waals surface area contributed by atoms with Gasteiger partial charge in [0.1, 0.15) is 0 Å². The van der Waals surface area contributed by atoms with Crippen LogP contribution in [-0.4, -0.2) is 45.7 Å².